The summed E-state index contributed by atoms with van der Waals surface area (Å²) in [5.74, 6) is -0.734. The molecule has 0 spiro atoms. The molecule has 0 aromatic rings. The van der Waals surface area contributed by atoms with Crippen molar-refractivity contribution in [1.29, 1.82) is 0 Å². The van der Waals surface area contributed by atoms with E-state index in [-0.39, 0.29) is 6.42 Å². The minimum Gasteiger partial charge on any atom is -0.457 e. The topological polar surface area (TPSA) is 87.0 Å². The van der Waals surface area contributed by atoms with Gasteiger partial charge in [-0.05, 0) is 0 Å². The van der Waals surface area contributed by atoms with Gasteiger partial charge in [0, 0.05) is 6.42 Å². The number of ether oxygens (including phenoxy) is 1. The van der Waals surface area contributed by atoms with Crippen LogP contribution in [0.25, 0.3) is 0 Å². The molecule has 1 fully saturated rings. The van der Waals surface area contributed by atoms with Crippen LogP contribution in [-0.2, 0) is 9.53 Å². The van der Waals surface area contributed by atoms with E-state index < -0.39 is 30.9 Å². The van der Waals surface area contributed by atoms with E-state index in [1.165, 1.54) is 0 Å². The van der Waals surface area contributed by atoms with E-state index in [0.717, 1.165) is 0 Å². The number of hydrogen-bond donors (Lipinski definition) is 3. The lowest BCUT2D eigenvalue weighted by Crippen LogP contribution is -2.29. The fraction of sp³-hybridized carbons (Fsp3) is 0.833. The number of rotatable bonds is 2. The Hall–Kier alpha value is -0.650. The fourth-order valence-electron chi connectivity index (χ4n) is 0.945. The van der Waals surface area contributed by atoms with Crippen LogP contribution >= 0.6 is 0 Å². The van der Waals surface area contributed by atoms with Gasteiger partial charge < -0.3 is 20.1 Å². The molecule has 1 aliphatic rings. The summed E-state index contributed by atoms with van der Waals surface area (Å²) in [6.45, 7) is -0.468. The molecule has 0 unspecified atom stereocenters. The van der Waals surface area contributed by atoms with Gasteiger partial charge >= 0.3 is 5.97 Å². The van der Waals surface area contributed by atoms with Crippen molar-refractivity contribution in [3.05, 3.63) is 0 Å². The van der Waals surface area contributed by atoms with Gasteiger partial charge in [0.15, 0.2) is 6.10 Å². The predicted octanol–water partition coefficient (Wildman–Crippen LogP) is -1.98. The van der Waals surface area contributed by atoms with Crippen LogP contribution in [0.4, 0.5) is 0 Å². The molecular weight excluding hydrogens is 152 g/mol. The SMILES string of the molecule is O=C1O[C@@H]([C@@H](O)CO)C[C@H]1O. The standard InChI is InChI=1S/C6H10O5/c7-2-4(9)5-1-3(8)6(10)11-5/h3-5,7-9H,1-2H2/t3-,4+,5-/m1/s1. The molecule has 1 saturated heterocycles. The van der Waals surface area contributed by atoms with Gasteiger partial charge in [0.2, 0.25) is 0 Å². The normalized spacial score (nSPS) is 33.5. The maximum absolute atomic E-state index is 10.5. The number of aliphatic hydroxyl groups is 3. The zero-order valence-corrected chi connectivity index (χ0v) is 5.80. The average molecular weight is 162 g/mol. The highest BCUT2D eigenvalue weighted by molar-refractivity contribution is 5.76. The Kier molecular flexibility index (Phi) is 2.43. The van der Waals surface area contributed by atoms with Crippen molar-refractivity contribution in [2.75, 3.05) is 6.61 Å². The third-order valence-corrected chi connectivity index (χ3v) is 1.61. The van der Waals surface area contributed by atoms with Crippen LogP contribution in [-0.4, -0.2) is 46.2 Å². The summed E-state index contributed by atoms with van der Waals surface area (Å²) in [6, 6.07) is 0. The van der Waals surface area contributed by atoms with E-state index in [9.17, 15) is 4.79 Å². The molecule has 1 aliphatic heterocycles. The maximum Gasteiger partial charge on any atom is 0.335 e. The molecule has 3 atom stereocenters. The monoisotopic (exact) mass is 162 g/mol. The summed E-state index contributed by atoms with van der Waals surface area (Å²) in [6.07, 6.45) is -2.94. The van der Waals surface area contributed by atoms with Crippen LogP contribution in [0.2, 0.25) is 0 Å². The minimum atomic E-state index is -1.15. The highest BCUT2D eigenvalue weighted by Crippen LogP contribution is 2.17. The van der Waals surface area contributed by atoms with Gasteiger partial charge in [0.05, 0.1) is 6.61 Å². The first kappa shape index (κ1) is 8.45. The Labute approximate surface area is 63.2 Å². The second-order valence-electron chi connectivity index (χ2n) is 2.48. The highest BCUT2D eigenvalue weighted by Gasteiger charge is 2.36. The van der Waals surface area contributed by atoms with Crippen molar-refractivity contribution in [2.24, 2.45) is 0 Å². The summed E-state index contributed by atoms with van der Waals surface area (Å²) in [5, 5.41) is 26.2. The Balaban J connectivity index is 2.46. The van der Waals surface area contributed by atoms with Crippen LogP contribution in [0.3, 0.4) is 0 Å². The Morgan fingerprint density at radius 3 is 2.73 bits per heavy atom. The Bertz CT molecular complexity index is 157. The Morgan fingerprint density at radius 2 is 2.36 bits per heavy atom. The lowest BCUT2D eigenvalue weighted by Gasteiger charge is -2.12. The number of carbonyl (C=O) groups excluding carboxylic acids is 1. The second-order valence-corrected chi connectivity index (χ2v) is 2.48. The maximum atomic E-state index is 10.5. The van der Waals surface area contributed by atoms with Crippen LogP contribution in [0.1, 0.15) is 6.42 Å². The summed E-state index contributed by atoms with van der Waals surface area (Å²) in [5.41, 5.74) is 0. The molecule has 0 bridgehead atoms. The number of hydrogen-bond acceptors (Lipinski definition) is 5. The van der Waals surface area contributed by atoms with Crippen molar-refractivity contribution in [3.63, 3.8) is 0 Å². The predicted molar refractivity (Wildman–Crippen MR) is 33.6 cm³/mol. The molecule has 64 valence electrons. The second kappa shape index (κ2) is 3.17. The van der Waals surface area contributed by atoms with Gasteiger partial charge in [-0.1, -0.05) is 0 Å². The molecule has 5 nitrogen and oxygen atoms in total. The Morgan fingerprint density at radius 1 is 1.73 bits per heavy atom. The molecule has 3 N–H and O–H groups in total. The zero-order valence-electron chi connectivity index (χ0n) is 5.80. The largest absolute Gasteiger partial charge is 0.457 e. The van der Waals surface area contributed by atoms with E-state index in [4.69, 9.17) is 15.3 Å². The molecule has 0 aromatic heterocycles. The van der Waals surface area contributed by atoms with E-state index >= 15 is 0 Å². The van der Waals surface area contributed by atoms with E-state index in [1.54, 1.807) is 0 Å². The molecule has 0 aliphatic carbocycles. The molecule has 5 heteroatoms. The lowest BCUT2D eigenvalue weighted by atomic mass is 10.1. The molecule has 0 amide bonds. The van der Waals surface area contributed by atoms with Gasteiger partial charge in [-0.25, -0.2) is 4.79 Å². The fourth-order valence-corrected chi connectivity index (χ4v) is 0.945. The quantitative estimate of drug-likeness (QED) is 0.409. The zero-order chi connectivity index (χ0) is 8.43. The van der Waals surface area contributed by atoms with E-state index in [1.807, 2.05) is 0 Å². The summed E-state index contributed by atoms with van der Waals surface area (Å²) in [4.78, 5) is 10.5. The summed E-state index contributed by atoms with van der Waals surface area (Å²) >= 11 is 0. The number of aliphatic hydroxyl groups excluding tert-OH is 3. The smallest absolute Gasteiger partial charge is 0.335 e. The first-order chi connectivity index (χ1) is 5.15. The number of cyclic esters (lactones) is 1. The number of esters is 1. The van der Waals surface area contributed by atoms with Crippen LogP contribution in [0, 0.1) is 0 Å². The van der Waals surface area contributed by atoms with Crippen LogP contribution in [0.15, 0.2) is 0 Å². The van der Waals surface area contributed by atoms with Crippen LogP contribution < -0.4 is 0 Å². The highest BCUT2D eigenvalue weighted by atomic mass is 16.6. The summed E-state index contributed by atoms with van der Waals surface area (Å²) < 4.78 is 4.53. The first-order valence-corrected chi connectivity index (χ1v) is 3.32. The third-order valence-electron chi connectivity index (χ3n) is 1.61. The molecule has 0 radical (unpaired) electrons. The molecule has 1 rings (SSSR count). The van der Waals surface area contributed by atoms with Gasteiger partial charge in [0.25, 0.3) is 0 Å². The van der Waals surface area contributed by atoms with Crippen molar-refractivity contribution in [1.82, 2.24) is 0 Å². The minimum absolute atomic E-state index is 0.0561. The van der Waals surface area contributed by atoms with Crippen molar-refractivity contribution < 1.29 is 24.9 Å². The van der Waals surface area contributed by atoms with Crippen molar-refractivity contribution in [2.45, 2.75) is 24.7 Å². The molecular formula is C6H10O5. The van der Waals surface area contributed by atoms with E-state index in [0.29, 0.717) is 0 Å². The average Bonchev–Trinajstić information content (AvgIpc) is 2.31. The molecule has 11 heavy (non-hydrogen) atoms. The number of carbonyl (C=O) groups is 1. The van der Waals surface area contributed by atoms with Crippen molar-refractivity contribution in [3.8, 4) is 0 Å². The van der Waals surface area contributed by atoms with E-state index in [2.05, 4.69) is 4.74 Å². The first-order valence-electron chi connectivity index (χ1n) is 3.32. The summed E-state index contributed by atoms with van der Waals surface area (Å²) in [7, 11) is 0. The van der Waals surface area contributed by atoms with Gasteiger partial charge in [-0.2, -0.15) is 0 Å². The van der Waals surface area contributed by atoms with Gasteiger partial charge in [-0.15, -0.1) is 0 Å². The van der Waals surface area contributed by atoms with Crippen LogP contribution in [0.5, 0.6) is 0 Å². The molecule has 0 aromatic carbocycles. The lowest BCUT2D eigenvalue weighted by molar-refractivity contribution is -0.151. The molecule has 0 saturated carbocycles. The van der Waals surface area contributed by atoms with Gasteiger partial charge in [-0.3, -0.25) is 0 Å². The third kappa shape index (κ3) is 1.68. The van der Waals surface area contributed by atoms with Gasteiger partial charge in [0.1, 0.15) is 12.2 Å². The van der Waals surface area contributed by atoms with Crippen molar-refractivity contribution >= 4 is 5.97 Å². The molecule has 1 heterocycles.